The van der Waals surface area contributed by atoms with Gasteiger partial charge in [-0.05, 0) is 24.6 Å². The zero-order chi connectivity index (χ0) is 13.4. The van der Waals surface area contributed by atoms with E-state index in [0.29, 0.717) is 0 Å². The molecule has 6 nitrogen and oxygen atoms in total. The molecule has 0 spiro atoms. The number of rotatable bonds is 2. The Kier molecular flexibility index (Phi) is 2.77. The number of amides is 4. The van der Waals surface area contributed by atoms with E-state index in [2.05, 4.69) is 10.6 Å². The van der Waals surface area contributed by atoms with Gasteiger partial charge in [-0.1, -0.05) is 6.07 Å². The van der Waals surface area contributed by atoms with Crippen LogP contribution >= 0.6 is 0 Å². The Hall–Kier alpha value is -2.24. The molecule has 0 bridgehead atoms. The third-order valence-electron chi connectivity index (χ3n) is 3.29. The lowest BCUT2D eigenvalue weighted by molar-refractivity contribution is 0.241. The summed E-state index contributed by atoms with van der Waals surface area (Å²) >= 11 is 0. The lowest BCUT2D eigenvalue weighted by Crippen LogP contribution is -2.21. The first-order chi connectivity index (χ1) is 9.15. The van der Waals surface area contributed by atoms with Gasteiger partial charge in [0.2, 0.25) is 0 Å². The highest BCUT2D eigenvalue weighted by atomic mass is 16.2. The number of carbonyl (C=O) groups is 2. The van der Waals surface area contributed by atoms with Crippen molar-refractivity contribution >= 4 is 23.4 Å². The summed E-state index contributed by atoms with van der Waals surface area (Å²) in [7, 11) is 0. The fourth-order valence-corrected chi connectivity index (χ4v) is 1.80. The van der Waals surface area contributed by atoms with Crippen molar-refractivity contribution < 1.29 is 9.59 Å². The zero-order valence-electron chi connectivity index (χ0n) is 10.8. The molecule has 100 valence electrons. The van der Waals surface area contributed by atoms with Gasteiger partial charge in [0.05, 0.1) is 0 Å². The summed E-state index contributed by atoms with van der Waals surface area (Å²) in [5.41, 5.74) is 2.34. The summed E-state index contributed by atoms with van der Waals surface area (Å²) in [5, 5.41) is 5.71. The molecule has 0 radical (unpaired) electrons. The first-order valence-electron chi connectivity index (χ1n) is 6.36. The Bertz CT molecular complexity index is 491. The fourth-order valence-electron chi connectivity index (χ4n) is 1.80. The van der Waals surface area contributed by atoms with Gasteiger partial charge in [0.1, 0.15) is 0 Å². The SMILES string of the molecule is Cc1c(NC(=O)N2CC2)cccc1NC(=O)N1CC1. The van der Waals surface area contributed by atoms with E-state index in [9.17, 15) is 9.59 Å². The second-order valence-corrected chi connectivity index (χ2v) is 4.81. The summed E-state index contributed by atoms with van der Waals surface area (Å²) in [4.78, 5) is 26.8. The minimum atomic E-state index is -0.0856. The molecule has 6 heteroatoms. The number of anilines is 2. The van der Waals surface area contributed by atoms with Crippen LogP contribution in [0.3, 0.4) is 0 Å². The molecule has 4 amide bonds. The Morgan fingerprint density at radius 2 is 1.37 bits per heavy atom. The van der Waals surface area contributed by atoms with E-state index in [-0.39, 0.29) is 12.1 Å². The van der Waals surface area contributed by atoms with Gasteiger partial charge >= 0.3 is 12.1 Å². The van der Waals surface area contributed by atoms with Gasteiger partial charge in [-0.15, -0.1) is 0 Å². The lowest BCUT2D eigenvalue weighted by Gasteiger charge is -2.13. The highest BCUT2D eigenvalue weighted by Crippen LogP contribution is 2.25. The fraction of sp³-hybridized carbons (Fsp3) is 0.385. The maximum Gasteiger partial charge on any atom is 0.321 e. The van der Waals surface area contributed by atoms with Crippen molar-refractivity contribution in [2.75, 3.05) is 36.8 Å². The first-order valence-corrected chi connectivity index (χ1v) is 6.36. The van der Waals surface area contributed by atoms with Crippen LogP contribution in [-0.2, 0) is 0 Å². The number of nitrogens with one attached hydrogen (secondary N) is 2. The van der Waals surface area contributed by atoms with Crippen LogP contribution in [0.2, 0.25) is 0 Å². The molecule has 2 heterocycles. The van der Waals surface area contributed by atoms with Crippen molar-refractivity contribution in [1.82, 2.24) is 9.80 Å². The number of urea groups is 2. The van der Waals surface area contributed by atoms with Crippen LogP contribution in [0.1, 0.15) is 5.56 Å². The summed E-state index contributed by atoms with van der Waals surface area (Å²) in [6.07, 6.45) is 0. The van der Waals surface area contributed by atoms with E-state index in [0.717, 1.165) is 43.1 Å². The van der Waals surface area contributed by atoms with Crippen molar-refractivity contribution in [1.29, 1.82) is 0 Å². The van der Waals surface area contributed by atoms with Crippen molar-refractivity contribution in [2.24, 2.45) is 0 Å². The summed E-state index contributed by atoms with van der Waals surface area (Å²) in [5.74, 6) is 0. The molecule has 0 saturated carbocycles. The maximum absolute atomic E-state index is 11.7. The van der Waals surface area contributed by atoms with Gasteiger partial charge in [-0.3, -0.25) is 0 Å². The number of carbonyl (C=O) groups excluding carboxylic acids is 2. The van der Waals surface area contributed by atoms with Crippen molar-refractivity contribution in [3.05, 3.63) is 23.8 Å². The van der Waals surface area contributed by atoms with E-state index in [4.69, 9.17) is 0 Å². The number of hydrogen-bond donors (Lipinski definition) is 2. The standard InChI is InChI=1S/C13H16N4O2/c1-9-10(14-12(18)16-5-6-16)3-2-4-11(9)15-13(19)17-7-8-17/h2-4H,5-8H2,1H3,(H,14,18)(H,15,19). The number of hydrogen-bond acceptors (Lipinski definition) is 2. The lowest BCUT2D eigenvalue weighted by atomic mass is 10.1. The largest absolute Gasteiger partial charge is 0.321 e. The van der Waals surface area contributed by atoms with E-state index >= 15 is 0 Å². The Labute approximate surface area is 111 Å². The zero-order valence-corrected chi connectivity index (χ0v) is 10.8. The van der Waals surface area contributed by atoms with Gasteiger partial charge in [0, 0.05) is 37.6 Å². The summed E-state index contributed by atoms with van der Waals surface area (Å²) in [6.45, 7) is 5.15. The molecule has 0 aliphatic carbocycles. The van der Waals surface area contributed by atoms with Crippen molar-refractivity contribution in [3.63, 3.8) is 0 Å². The van der Waals surface area contributed by atoms with Crippen LogP contribution in [0.25, 0.3) is 0 Å². The van der Waals surface area contributed by atoms with E-state index in [1.54, 1.807) is 9.80 Å². The van der Waals surface area contributed by atoms with Gasteiger partial charge in [0.15, 0.2) is 0 Å². The molecule has 2 saturated heterocycles. The van der Waals surface area contributed by atoms with Crippen molar-refractivity contribution in [2.45, 2.75) is 6.92 Å². The van der Waals surface area contributed by atoms with Crippen LogP contribution in [0, 0.1) is 6.92 Å². The van der Waals surface area contributed by atoms with Crippen LogP contribution < -0.4 is 10.6 Å². The van der Waals surface area contributed by atoms with Crippen LogP contribution in [0.4, 0.5) is 21.0 Å². The molecular formula is C13H16N4O2. The third kappa shape index (κ3) is 2.62. The second-order valence-electron chi connectivity index (χ2n) is 4.81. The van der Waals surface area contributed by atoms with Crippen LogP contribution in [0.15, 0.2) is 18.2 Å². The highest BCUT2D eigenvalue weighted by Gasteiger charge is 2.26. The predicted molar refractivity (Wildman–Crippen MR) is 72.4 cm³/mol. The first kappa shape index (κ1) is 11.8. The van der Waals surface area contributed by atoms with Crippen LogP contribution in [0.5, 0.6) is 0 Å². The molecule has 0 unspecified atom stereocenters. The number of nitrogens with zero attached hydrogens (tertiary/aromatic N) is 2. The van der Waals surface area contributed by atoms with Gasteiger partial charge < -0.3 is 20.4 Å². The molecule has 2 aliphatic rings. The maximum atomic E-state index is 11.7. The smallest absolute Gasteiger partial charge is 0.321 e. The third-order valence-corrected chi connectivity index (χ3v) is 3.29. The number of benzene rings is 1. The predicted octanol–water partition coefficient (Wildman–Crippen LogP) is 1.69. The molecular weight excluding hydrogens is 244 g/mol. The van der Waals surface area contributed by atoms with E-state index < -0.39 is 0 Å². The average molecular weight is 260 g/mol. The molecule has 1 aromatic carbocycles. The molecule has 3 rings (SSSR count). The van der Waals surface area contributed by atoms with Crippen LogP contribution in [-0.4, -0.2) is 48.0 Å². The molecule has 1 aromatic rings. The Balaban J connectivity index is 1.73. The minimum Gasteiger partial charge on any atom is -0.321 e. The molecule has 0 atom stereocenters. The highest BCUT2D eigenvalue weighted by molar-refractivity contribution is 5.95. The molecule has 19 heavy (non-hydrogen) atoms. The molecule has 2 N–H and O–H groups in total. The Morgan fingerprint density at radius 3 is 1.74 bits per heavy atom. The quantitative estimate of drug-likeness (QED) is 0.795. The van der Waals surface area contributed by atoms with E-state index in [1.807, 2.05) is 25.1 Å². The molecule has 2 aliphatic heterocycles. The molecule has 0 aromatic heterocycles. The monoisotopic (exact) mass is 260 g/mol. The van der Waals surface area contributed by atoms with Gasteiger partial charge in [-0.2, -0.15) is 0 Å². The van der Waals surface area contributed by atoms with Gasteiger partial charge in [0.25, 0.3) is 0 Å². The summed E-state index contributed by atoms with van der Waals surface area (Å²) in [6, 6.07) is 5.33. The molecule has 2 fully saturated rings. The minimum absolute atomic E-state index is 0.0856. The normalized spacial score (nSPS) is 16.1. The van der Waals surface area contributed by atoms with Gasteiger partial charge in [-0.25, -0.2) is 9.59 Å². The average Bonchev–Trinajstić information content (AvgIpc) is 3.27. The topological polar surface area (TPSA) is 64.2 Å². The van der Waals surface area contributed by atoms with Crippen molar-refractivity contribution in [3.8, 4) is 0 Å². The summed E-state index contributed by atoms with van der Waals surface area (Å²) < 4.78 is 0. The second kappa shape index (κ2) is 4.46. The Morgan fingerprint density at radius 1 is 0.947 bits per heavy atom. The van der Waals surface area contributed by atoms with E-state index in [1.165, 1.54) is 0 Å².